The quantitative estimate of drug-likeness (QED) is 0.297. The molecule has 0 aromatic heterocycles. The van der Waals surface area contributed by atoms with Crippen molar-refractivity contribution in [2.45, 2.75) is 71.9 Å². The minimum absolute atomic E-state index is 0.141. The third kappa shape index (κ3) is 7.85. The molecule has 0 aromatic rings. The van der Waals surface area contributed by atoms with Gasteiger partial charge in [-0.15, -0.1) is 0 Å². The molecule has 0 atom stereocenters. The average Bonchev–Trinajstić information content (AvgIpc) is 2.26. The van der Waals surface area contributed by atoms with Gasteiger partial charge in [0, 0.05) is 0 Å². The number of nitrogens with one attached hydrogen (secondary N) is 2. The normalized spacial score (nSPS) is 12.0. The second-order valence-electron chi connectivity index (χ2n) is 6.21. The number of thiocarbonyl (C=S) groups is 2. The van der Waals surface area contributed by atoms with E-state index in [4.69, 9.17) is 35.9 Å². The summed E-state index contributed by atoms with van der Waals surface area (Å²) in [5.41, 5.74) is 11.1. The fraction of sp³-hybridized carbons (Fsp3) is 0.857. The van der Waals surface area contributed by atoms with Gasteiger partial charge in [-0.2, -0.15) is 0 Å². The standard InChI is InChI=1S/C14H30N4S2/c1-5-7-8-9-14(17-11(15)19,18-12(16)20)10-13(3,4)6-2/h5-10H2,1-4H3,(H3,15,17,19)(H3,16,18,20). The van der Waals surface area contributed by atoms with Crippen LogP contribution in [-0.4, -0.2) is 15.9 Å². The zero-order valence-corrected chi connectivity index (χ0v) is 14.8. The predicted molar refractivity (Wildman–Crippen MR) is 95.4 cm³/mol. The molecular formula is C14H30N4S2. The van der Waals surface area contributed by atoms with Gasteiger partial charge >= 0.3 is 0 Å². The van der Waals surface area contributed by atoms with Crippen molar-refractivity contribution in [2.24, 2.45) is 16.9 Å². The van der Waals surface area contributed by atoms with Crippen molar-refractivity contribution in [3.63, 3.8) is 0 Å². The van der Waals surface area contributed by atoms with Gasteiger partial charge in [0.2, 0.25) is 0 Å². The number of nitrogens with two attached hydrogens (primary N) is 2. The maximum Gasteiger partial charge on any atom is 0.165 e. The van der Waals surface area contributed by atoms with E-state index in [0.717, 1.165) is 38.5 Å². The molecule has 0 amide bonds. The molecule has 0 fully saturated rings. The SMILES string of the molecule is CCCCCC(CC(C)(C)CC)(NC(N)=S)NC(N)=S. The first-order valence-electron chi connectivity index (χ1n) is 7.31. The van der Waals surface area contributed by atoms with Crippen LogP contribution in [0, 0.1) is 5.41 Å². The van der Waals surface area contributed by atoms with Crippen molar-refractivity contribution in [1.29, 1.82) is 0 Å². The second kappa shape index (κ2) is 8.62. The van der Waals surface area contributed by atoms with Crippen LogP contribution in [0.15, 0.2) is 0 Å². The lowest BCUT2D eigenvalue weighted by atomic mass is 9.78. The van der Waals surface area contributed by atoms with Crippen LogP contribution in [0.2, 0.25) is 0 Å². The Kier molecular flexibility index (Phi) is 8.35. The first-order valence-corrected chi connectivity index (χ1v) is 8.13. The monoisotopic (exact) mass is 318 g/mol. The fourth-order valence-corrected chi connectivity index (χ4v) is 2.81. The highest BCUT2D eigenvalue weighted by Crippen LogP contribution is 2.32. The van der Waals surface area contributed by atoms with Crippen LogP contribution in [-0.2, 0) is 0 Å². The lowest BCUT2D eigenvalue weighted by Gasteiger charge is -2.42. The smallest absolute Gasteiger partial charge is 0.165 e. The van der Waals surface area contributed by atoms with Crippen LogP contribution in [0.1, 0.15) is 66.2 Å². The zero-order chi connectivity index (χ0) is 15.8. The summed E-state index contributed by atoms with van der Waals surface area (Å²) in [6.07, 6.45) is 6.19. The average molecular weight is 319 g/mol. The van der Waals surface area contributed by atoms with E-state index in [1.165, 1.54) is 0 Å². The Morgan fingerprint density at radius 2 is 1.50 bits per heavy atom. The molecule has 0 aliphatic heterocycles. The molecule has 0 spiro atoms. The van der Waals surface area contributed by atoms with Gasteiger partial charge in [0.25, 0.3) is 0 Å². The third-order valence-electron chi connectivity index (χ3n) is 3.67. The molecule has 4 nitrogen and oxygen atoms in total. The van der Waals surface area contributed by atoms with E-state index in [-0.39, 0.29) is 15.6 Å². The van der Waals surface area contributed by atoms with Crippen molar-refractivity contribution >= 4 is 34.7 Å². The van der Waals surface area contributed by atoms with Gasteiger partial charge in [0.05, 0.1) is 0 Å². The highest BCUT2D eigenvalue weighted by atomic mass is 32.1. The molecule has 0 saturated carbocycles. The number of rotatable bonds is 9. The molecule has 6 heteroatoms. The van der Waals surface area contributed by atoms with Crippen LogP contribution >= 0.6 is 24.4 Å². The molecule has 0 rings (SSSR count). The first kappa shape index (κ1) is 19.4. The van der Waals surface area contributed by atoms with Crippen LogP contribution in [0.5, 0.6) is 0 Å². The number of unbranched alkanes of at least 4 members (excludes halogenated alkanes) is 2. The highest BCUT2D eigenvalue weighted by Gasteiger charge is 2.36. The number of hydrogen-bond donors (Lipinski definition) is 4. The largest absolute Gasteiger partial charge is 0.376 e. The molecule has 0 aliphatic rings. The Hall–Kier alpha value is -0.620. The fourth-order valence-electron chi connectivity index (χ4n) is 2.42. The molecule has 118 valence electrons. The molecule has 0 bridgehead atoms. The van der Waals surface area contributed by atoms with Crippen molar-refractivity contribution < 1.29 is 0 Å². The van der Waals surface area contributed by atoms with Gasteiger partial charge in [-0.3, -0.25) is 0 Å². The van der Waals surface area contributed by atoms with Crippen molar-refractivity contribution in [2.75, 3.05) is 0 Å². The van der Waals surface area contributed by atoms with Crippen molar-refractivity contribution in [3.05, 3.63) is 0 Å². The lowest BCUT2D eigenvalue weighted by Crippen LogP contribution is -2.64. The summed E-state index contributed by atoms with van der Waals surface area (Å²) < 4.78 is 0. The molecule has 0 radical (unpaired) electrons. The van der Waals surface area contributed by atoms with Crippen molar-refractivity contribution in [1.82, 2.24) is 10.6 Å². The second-order valence-corrected chi connectivity index (χ2v) is 7.09. The molecule has 0 aliphatic carbocycles. The van der Waals surface area contributed by atoms with E-state index in [9.17, 15) is 0 Å². The van der Waals surface area contributed by atoms with E-state index in [2.05, 4.69) is 38.3 Å². The summed E-state index contributed by atoms with van der Waals surface area (Å²) in [4.78, 5) is 0. The van der Waals surface area contributed by atoms with E-state index < -0.39 is 5.66 Å². The molecule has 6 N–H and O–H groups in total. The van der Waals surface area contributed by atoms with Gasteiger partial charge in [0.15, 0.2) is 10.2 Å². The minimum Gasteiger partial charge on any atom is -0.376 e. The Labute approximate surface area is 134 Å². The van der Waals surface area contributed by atoms with E-state index in [0.29, 0.717) is 0 Å². The molecule has 20 heavy (non-hydrogen) atoms. The molecular weight excluding hydrogens is 288 g/mol. The summed E-state index contributed by atoms with van der Waals surface area (Å²) in [5, 5.41) is 6.96. The Morgan fingerprint density at radius 1 is 1.00 bits per heavy atom. The Morgan fingerprint density at radius 3 is 1.85 bits per heavy atom. The van der Waals surface area contributed by atoms with E-state index in [1.807, 2.05) is 0 Å². The predicted octanol–water partition coefficient (Wildman–Crippen LogP) is 2.76. The first-order chi connectivity index (χ1) is 9.16. The topological polar surface area (TPSA) is 76.1 Å². The van der Waals surface area contributed by atoms with Gasteiger partial charge in [-0.25, -0.2) is 0 Å². The van der Waals surface area contributed by atoms with Crippen LogP contribution in [0.3, 0.4) is 0 Å². The van der Waals surface area contributed by atoms with E-state index >= 15 is 0 Å². The minimum atomic E-state index is -0.452. The van der Waals surface area contributed by atoms with Crippen LogP contribution in [0.4, 0.5) is 0 Å². The summed E-state index contributed by atoms with van der Waals surface area (Å²) in [6, 6.07) is 0. The zero-order valence-electron chi connectivity index (χ0n) is 13.2. The summed E-state index contributed by atoms with van der Waals surface area (Å²) in [7, 11) is 0. The van der Waals surface area contributed by atoms with Crippen LogP contribution in [0.25, 0.3) is 0 Å². The maximum absolute atomic E-state index is 5.72. The summed E-state index contributed by atoms with van der Waals surface area (Å²) >= 11 is 10.1. The molecule has 0 saturated heterocycles. The van der Waals surface area contributed by atoms with Crippen LogP contribution < -0.4 is 22.1 Å². The Balaban J connectivity index is 5.17. The maximum atomic E-state index is 5.72. The van der Waals surface area contributed by atoms with Gasteiger partial charge in [-0.05, 0) is 49.1 Å². The highest BCUT2D eigenvalue weighted by molar-refractivity contribution is 7.80. The third-order valence-corrected chi connectivity index (χ3v) is 3.87. The molecule has 0 aromatic carbocycles. The Bertz CT molecular complexity index is 313. The van der Waals surface area contributed by atoms with Gasteiger partial charge in [0.1, 0.15) is 5.66 Å². The van der Waals surface area contributed by atoms with Gasteiger partial charge < -0.3 is 22.1 Å². The number of hydrogen-bond acceptors (Lipinski definition) is 2. The summed E-state index contributed by atoms with van der Waals surface area (Å²) in [5.74, 6) is 0. The van der Waals surface area contributed by atoms with Crippen molar-refractivity contribution in [3.8, 4) is 0 Å². The lowest BCUT2D eigenvalue weighted by molar-refractivity contribution is 0.179. The molecule has 0 unspecified atom stereocenters. The van der Waals surface area contributed by atoms with Gasteiger partial charge in [-0.1, -0.05) is 47.0 Å². The molecule has 0 heterocycles. The summed E-state index contributed by atoms with van der Waals surface area (Å²) in [6.45, 7) is 8.81. The van der Waals surface area contributed by atoms with E-state index in [1.54, 1.807) is 0 Å².